The van der Waals surface area contributed by atoms with Crippen molar-refractivity contribution < 1.29 is 13.2 Å². The van der Waals surface area contributed by atoms with Gasteiger partial charge in [0, 0.05) is 17.7 Å². The third kappa shape index (κ3) is 3.98. The molecule has 128 valence electrons. The molecule has 1 fully saturated rings. The highest BCUT2D eigenvalue weighted by Gasteiger charge is 2.36. The highest BCUT2D eigenvalue weighted by atomic mass is 32.2. The minimum atomic E-state index is -3.30. The summed E-state index contributed by atoms with van der Waals surface area (Å²) in [4.78, 5) is 0. The van der Waals surface area contributed by atoms with Crippen LogP contribution in [0.4, 0.5) is 5.69 Å². The van der Waals surface area contributed by atoms with Gasteiger partial charge in [-0.3, -0.25) is 0 Å². The van der Waals surface area contributed by atoms with Crippen LogP contribution in [0, 0.1) is 5.92 Å². The number of nitrogen functional groups attached to an aromatic ring is 1. The molecule has 0 radical (unpaired) electrons. The van der Waals surface area contributed by atoms with Crippen molar-refractivity contribution in [1.82, 2.24) is 4.72 Å². The van der Waals surface area contributed by atoms with Gasteiger partial charge in [-0.05, 0) is 44.4 Å². The maximum Gasteiger partial charge on any atom is 0.212 e. The summed E-state index contributed by atoms with van der Waals surface area (Å²) in [5.41, 5.74) is 6.90. The van der Waals surface area contributed by atoms with Crippen molar-refractivity contribution >= 4 is 15.7 Å². The van der Waals surface area contributed by atoms with Gasteiger partial charge in [-0.2, -0.15) is 0 Å². The monoisotopic (exact) mass is 338 g/mol. The first-order valence-electron chi connectivity index (χ1n) is 8.32. The van der Waals surface area contributed by atoms with Crippen molar-refractivity contribution in [3.05, 3.63) is 23.8 Å². The zero-order chi connectivity index (χ0) is 16.7. The lowest BCUT2D eigenvalue weighted by molar-refractivity contribution is 0.0702. The summed E-state index contributed by atoms with van der Waals surface area (Å²) in [7, 11) is -3.30. The molecule has 6 heteroatoms. The number of fused-ring (bicyclic) bond motifs is 1. The smallest absolute Gasteiger partial charge is 0.212 e. The van der Waals surface area contributed by atoms with E-state index in [1.807, 2.05) is 26.0 Å². The standard InChI is InChI=1S/C17H26N2O3S/c1-17(2)11-15(14-10-13(18)6-7-16(14)22-17)19-23(20,21)9-8-12-4-3-5-12/h6-7,10,12,15,19H,3-5,8-9,11,18H2,1-2H3. The van der Waals surface area contributed by atoms with E-state index >= 15 is 0 Å². The first kappa shape index (κ1) is 16.6. The van der Waals surface area contributed by atoms with Crippen LogP contribution in [0.5, 0.6) is 5.75 Å². The van der Waals surface area contributed by atoms with Gasteiger partial charge in [-0.1, -0.05) is 19.3 Å². The summed E-state index contributed by atoms with van der Waals surface area (Å²) in [6.45, 7) is 3.95. The fourth-order valence-electron chi connectivity index (χ4n) is 3.36. The first-order valence-corrected chi connectivity index (χ1v) is 9.98. The number of nitrogens with one attached hydrogen (secondary N) is 1. The average Bonchev–Trinajstić information content (AvgIpc) is 2.36. The summed E-state index contributed by atoms with van der Waals surface area (Å²) in [6.07, 6.45) is 4.91. The predicted molar refractivity (Wildman–Crippen MR) is 91.8 cm³/mol. The van der Waals surface area contributed by atoms with E-state index in [4.69, 9.17) is 10.5 Å². The lowest BCUT2D eigenvalue weighted by Crippen LogP contribution is -2.42. The van der Waals surface area contributed by atoms with Crippen molar-refractivity contribution in [2.24, 2.45) is 5.92 Å². The quantitative estimate of drug-likeness (QED) is 0.809. The molecule has 1 heterocycles. The van der Waals surface area contributed by atoms with Crippen LogP contribution in [-0.2, 0) is 10.0 Å². The highest BCUT2D eigenvalue weighted by molar-refractivity contribution is 7.89. The molecule has 0 bridgehead atoms. The average molecular weight is 338 g/mol. The summed E-state index contributed by atoms with van der Waals surface area (Å²) in [6, 6.07) is 5.12. The number of rotatable bonds is 5. The Morgan fingerprint density at radius 3 is 2.74 bits per heavy atom. The Kier molecular flexibility index (Phi) is 4.31. The van der Waals surface area contributed by atoms with Gasteiger partial charge in [0.15, 0.2) is 0 Å². The van der Waals surface area contributed by atoms with Crippen LogP contribution in [0.2, 0.25) is 0 Å². The Balaban J connectivity index is 1.77. The molecule has 1 saturated carbocycles. The maximum absolute atomic E-state index is 12.5. The minimum absolute atomic E-state index is 0.201. The Labute approximate surface area is 138 Å². The Bertz CT molecular complexity index is 681. The van der Waals surface area contributed by atoms with Crippen LogP contribution in [-0.4, -0.2) is 19.8 Å². The van der Waals surface area contributed by atoms with E-state index in [1.54, 1.807) is 6.07 Å². The zero-order valence-corrected chi connectivity index (χ0v) is 14.7. The Morgan fingerprint density at radius 1 is 1.35 bits per heavy atom. The van der Waals surface area contributed by atoms with Gasteiger partial charge in [-0.15, -0.1) is 0 Å². The highest BCUT2D eigenvalue weighted by Crippen LogP contribution is 2.40. The van der Waals surface area contributed by atoms with E-state index < -0.39 is 15.6 Å². The normalized spacial score (nSPS) is 23.7. The van der Waals surface area contributed by atoms with Crippen molar-refractivity contribution in [2.75, 3.05) is 11.5 Å². The number of nitrogens with two attached hydrogens (primary N) is 1. The van der Waals surface area contributed by atoms with Gasteiger partial charge in [-0.25, -0.2) is 13.1 Å². The van der Waals surface area contributed by atoms with Gasteiger partial charge in [0.2, 0.25) is 10.0 Å². The molecule has 0 saturated heterocycles. The molecule has 0 aromatic heterocycles. The molecule has 1 aromatic rings. The first-order chi connectivity index (χ1) is 10.7. The Morgan fingerprint density at radius 2 is 2.09 bits per heavy atom. The predicted octanol–water partition coefficient (Wildman–Crippen LogP) is 2.98. The van der Waals surface area contributed by atoms with Gasteiger partial charge in [0.1, 0.15) is 11.4 Å². The molecule has 1 aromatic carbocycles. The second-order valence-electron chi connectivity index (χ2n) is 7.44. The molecule has 1 aliphatic carbocycles. The molecule has 5 nitrogen and oxygen atoms in total. The molecule has 1 atom stereocenters. The molecule has 23 heavy (non-hydrogen) atoms. The summed E-state index contributed by atoms with van der Waals surface area (Å²) in [5, 5.41) is 0. The van der Waals surface area contributed by atoms with Crippen molar-refractivity contribution in [2.45, 2.75) is 57.6 Å². The number of sulfonamides is 1. The van der Waals surface area contributed by atoms with Crippen LogP contribution >= 0.6 is 0 Å². The van der Waals surface area contributed by atoms with E-state index in [1.165, 1.54) is 19.3 Å². The third-order valence-electron chi connectivity index (χ3n) is 4.83. The van der Waals surface area contributed by atoms with Gasteiger partial charge in [0.25, 0.3) is 0 Å². The molecule has 2 aliphatic rings. The number of ether oxygens (including phenoxy) is 1. The lowest BCUT2D eigenvalue weighted by Gasteiger charge is -2.38. The largest absolute Gasteiger partial charge is 0.487 e. The van der Waals surface area contributed by atoms with Crippen LogP contribution in [0.25, 0.3) is 0 Å². The topological polar surface area (TPSA) is 81.4 Å². The van der Waals surface area contributed by atoms with Crippen LogP contribution in [0.3, 0.4) is 0 Å². The molecule has 1 aliphatic heterocycles. The SMILES string of the molecule is CC1(C)CC(NS(=O)(=O)CCC2CCC2)c2cc(N)ccc2O1. The van der Waals surface area contributed by atoms with Gasteiger partial charge in [0.05, 0.1) is 11.8 Å². The molecular weight excluding hydrogens is 312 g/mol. The van der Waals surface area contributed by atoms with Crippen LogP contribution in [0.1, 0.15) is 57.6 Å². The van der Waals surface area contributed by atoms with E-state index in [0.29, 0.717) is 23.8 Å². The molecule has 3 rings (SSSR count). The number of hydrogen-bond donors (Lipinski definition) is 2. The van der Waals surface area contributed by atoms with E-state index in [-0.39, 0.29) is 11.8 Å². The Hall–Kier alpha value is -1.27. The molecule has 0 amide bonds. The van der Waals surface area contributed by atoms with E-state index in [0.717, 1.165) is 12.0 Å². The fraction of sp³-hybridized carbons (Fsp3) is 0.647. The van der Waals surface area contributed by atoms with Crippen molar-refractivity contribution in [3.8, 4) is 5.75 Å². The molecule has 1 unspecified atom stereocenters. The van der Waals surface area contributed by atoms with Gasteiger partial charge < -0.3 is 10.5 Å². The minimum Gasteiger partial charge on any atom is -0.487 e. The zero-order valence-electron chi connectivity index (χ0n) is 13.8. The summed E-state index contributed by atoms with van der Waals surface area (Å²) in [5.74, 6) is 1.50. The van der Waals surface area contributed by atoms with Crippen molar-refractivity contribution in [3.63, 3.8) is 0 Å². The number of hydrogen-bond acceptors (Lipinski definition) is 4. The second kappa shape index (κ2) is 5.98. The second-order valence-corrected chi connectivity index (χ2v) is 9.31. The van der Waals surface area contributed by atoms with Crippen LogP contribution in [0.15, 0.2) is 18.2 Å². The van der Waals surface area contributed by atoms with E-state index in [2.05, 4.69) is 4.72 Å². The summed E-state index contributed by atoms with van der Waals surface area (Å²) < 4.78 is 33.8. The fourth-order valence-corrected chi connectivity index (χ4v) is 4.76. The summed E-state index contributed by atoms with van der Waals surface area (Å²) >= 11 is 0. The van der Waals surface area contributed by atoms with Crippen LogP contribution < -0.4 is 15.2 Å². The molecule has 0 spiro atoms. The van der Waals surface area contributed by atoms with E-state index in [9.17, 15) is 8.42 Å². The maximum atomic E-state index is 12.5. The van der Waals surface area contributed by atoms with Gasteiger partial charge >= 0.3 is 0 Å². The lowest BCUT2D eigenvalue weighted by atomic mass is 9.84. The third-order valence-corrected chi connectivity index (χ3v) is 6.25. The number of anilines is 1. The molecule has 3 N–H and O–H groups in total. The number of benzene rings is 1. The molecular formula is C17H26N2O3S. The van der Waals surface area contributed by atoms with Crippen molar-refractivity contribution in [1.29, 1.82) is 0 Å².